The monoisotopic (exact) mass is 333 g/mol. The SMILES string of the molecule is CCN(CC(=O)N[C@@H]1CCC(=O)N(C)[C@H]1c1nccn1C)C1CC1. The van der Waals surface area contributed by atoms with Gasteiger partial charge in [-0.15, -0.1) is 0 Å². The van der Waals surface area contributed by atoms with Crippen LogP contribution in [0.4, 0.5) is 0 Å². The van der Waals surface area contributed by atoms with Gasteiger partial charge in [-0.3, -0.25) is 14.5 Å². The van der Waals surface area contributed by atoms with Crippen LogP contribution < -0.4 is 5.32 Å². The normalized spacial score (nSPS) is 24.5. The number of rotatable bonds is 6. The number of aryl methyl sites for hydroxylation is 1. The minimum absolute atomic E-state index is 0.0377. The quantitative estimate of drug-likeness (QED) is 0.831. The van der Waals surface area contributed by atoms with Gasteiger partial charge in [-0.2, -0.15) is 0 Å². The van der Waals surface area contributed by atoms with E-state index in [-0.39, 0.29) is 23.9 Å². The van der Waals surface area contributed by atoms with E-state index in [0.29, 0.717) is 25.4 Å². The van der Waals surface area contributed by atoms with Crippen LogP contribution in [0.5, 0.6) is 0 Å². The molecule has 3 rings (SSSR count). The smallest absolute Gasteiger partial charge is 0.234 e. The van der Waals surface area contributed by atoms with Crippen molar-refractivity contribution in [3.05, 3.63) is 18.2 Å². The molecule has 1 aromatic heterocycles. The zero-order chi connectivity index (χ0) is 17.3. The lowest BCUT2D eigenvalue weighted by molar-refractivity contribution is -0.138. The summed E-state index contributed by atoms with van der Waals surface area (Å²) in [6.07, 6.45) is 7.10. The van der Waals surface area contributed by atoms with Gasteiger partial charge in [0, 0.05) is 39.0 Å². The minimum atomic E-state index is -0.216. The number of imidazole rings is 1. The van der Waals surface area contributed by atoms with E-state index >= 15 is 0 Å². The molecular formula is C17H27N5O2. The van der Waals surface area contributed by atoms with Crippen LogP contribution in [0.1, 0.15) is 44.5 Å². The fraction of sp³-hybridized carbons (Fsp3) is 0.706. The van der Waals surface area contributed by atoms with E-state index in [2.05, 4.69) is 22.1 Å². The van der Waals surface area contributed by atoms with Crippen LogP contribution in [0.3, 0.4) is 0 Å². The number of carbonyl (C=O) groups excluding carboxylic acids is 2. The highest BCUT2D eigenvalue weighted by Crippen LogP contribution is 2.30. The Morgan fingerprint density at radius 3 is 2.71 bits per heavy atom. The summed E-state index contributed by atoms with van der Waals surface area (Å²) in [6.45, 7) is 3.42. The van der Waals surface area contributed by atoms with Crippen molar-refractivity contribution in [1.29, 1.82) is 0 Å². The summed E-state index contributed by atoms with van der Waals surface area (Å²) >= 11 is 0. The molecule has 1 aliphatic heterocycles. The average molecular weight is 333 g/mol. The molecule has 2 fully saturated rings. The summed E-state index contributed by atoms with van der Waals surface area (Å²) in [4.78, 5) is 33.0. The van der Waals surface area contributed by atoms with E-state index in [4.69, 9.17) is 0 Å². The van der Waals surface area contributed by atoms with Gasteiger partial charge in [-0.25, -0.2) is 4.98 Å². The van der Waals surface area contributed by atoms with Crippen molar-refractivity contribution >= 4 is 11.8 Å². The van der Waals surface area contributed by atoms with Crippen molar-refractivity contribution in [3.8, 4) is 0 Å². The predicted molar refractivity (Wildman–Crippen MR) is 90.2 cm³/mol. The number of carbonyl (C=O) groups is 2. The van der Waals surface area contributed by atoms with Crippen molar-refractivity contribution in [2.45, 2.75) is 50.7 Å². The maximum Gasteiger partial charge on any atom is 0.234 e. The maximum absolute atomic E-state index is 12.5. The van der Waals surface area contributed by atoms with Gasteiger partial charge in [0.2, 0.25) is 11.8 Å². The van der Waals surface area contributed by atoms with Gasteiger partial charge in [0.25, 0.3) is 0 Å². The Labute approximate surface area is 143 Å². The van der Waals surface area contributed by atoms with Crippen molar-refractivity contribution in [3.63, 3.8) is 0 Å². The molecule has 1 N–H and O–H groups in total. The first-order valence-electron chi connectivity index (χ1n) is 8.77. The second-order valence-electron chi connectivity index (χ2n) is 6.85. The van der Waals surface area contributed by atoms with Gasteiger partial charge in [-0.05, 0) is 25.8 Å². The summed E-state index contributed by atoms with van der Waals surface area (Å²) in [5, 5.41) is 3.16. The van der Waals surface area contributed by atoms with Crippen molar-refractivity contribution in [1.82, 2.24) is 24.7 Å². The van der Waals surface area contributed by atoms with E-state index in [1.807, 2.05) is 17.8 Å². The number of aromatic nitrogens is 2. The third-order valence-electron chi connectivity index (χ3n) is 5.15. The van der Waals surface area contributed by atoms with Crippen LogP contribution in [-0.4, -0.2) is 63.4 Å². The Morgan fingerprint density at radius 2 is 2.12 bits per heavy atom. The molecule has 1 aromatic rings. The van der Waals surface area contributed by atoms with Gasteiger partial charge in [0.05, 0.1) is 12.6 Å². The lowest BCUT2D eigenvalue weighted by atomic mass is 9.95. The highest BCUT2D eigenvalue weighted by Gasteiger charge is 2.38. The average Bonchev–Trinajstić information content (AvgIpc) is 3.31. The first kappa shape index (κ1) is 17.0. The van der Waals surface area contributed by atoms with Crippen molar-refractivity contribution < 1.29 is 9.59 Å². The molecule has 1 saturated carbocycles. The summed E-state index contributed by atoms with van der Waals surface area (Å²) in [6, 6.07) is 0.257. The molecule has 1 saturated heterocycles. The molecule has 132 valence electrons. The lowest BCUT2D eigenvalue weighted by Crippen LogP contribution is -2.53. The van der Waals surface area contributed by atoms with E-state index in [1.165, 1.54) is 12.8 Å². The second-order valence-corrected chi connectivity index (χ2v) is 6.85. The topological polar surface area (TPSA) is 70.5 Å². The molecule has 2 aliphatic rings. The highest BCUT2D eigenvalue weighted by atomic mass is 16.2. The Hall–Kier alpha value is -1.89. The molecule has 2 atom stereocenters. The van der Waals surface area contributed by atoms with Gasteiger partial charge < -0.3 is 14.8 Å². The molecule has 7 heteroatoms. The number of likely N-dealkylation sites (N-methyl/N-ethyl adjacent to an activating group) is 2. The third kappa shape index (κ3) is 3.45. The standard InChI is InChI=1S/C17H27N5O2/c1-4-22(12-5-6-12)11-14(23)19-13-7-8-15(24)21(3)16(13)17-18-9-10-20(17)2/h9-10,12-13,16H,4-8,11H2,1-3H3,(H,19,23)/t13-,16-/m1/s1. The molecule has 7 nitrogen and oxygen atoms in total. The Morgan fingerprint density at radius 1 is 1.38 bits per heavy atom. The predicted octanol–water partition coefficient (Wildman–Crippen LogP) is 0.683. The van der Waals surface area contributed by atoms with Gasteiger partial charge in [-0.1, -0.05) is 6.92 Å². The van der Waals surface area contributed by atoms with Gasteiger partial charge in [0.1, 0.15) is 11.9 Å². The molecule has 0 spiro atoms. The Balaban J connectivity index is 1.71. The molecule has 2 amide bonds. The highest BCUT2D eigenvalue weighted by molar-refractivity contribution is 5.80. The largest absolute Gasteiger partial charge is 0.350 e. The van der Waals surface area contributed by atoms with Crippen LogP contribution in [0.2, 0.25) is 0 Å². The number of likely N-dealkylation sites (tertiary alicyclic amines) is 1. The zero-order valence-electron chi connectivity index (χ0n) is 14.7. The fourth-order valence-electron chi connectivity index (χ4n) is 3.58. The van der Waals surface area contributed by atoms with E-state index < -0.39 is 0 Å². The third-order valence-corrected chi connectivity index (χ3v) is 5.15. The van der Waals surface area contributed by atoms with Crippen LogP contribution >= 0.6 is 0 Å². The second kappa shape index (κ2) is 6.93. The van der Waals surface area contributed by atoms with Crippen molar-refractivity contribution in [2.75, 3.05) is 20.1 Å². The number of hydrogen-bond donors (Lipinski definition) is 1. The first-order chi connectivity index (χ1) is 11.5. The van der Waals surface area contributed by atoms with Crippen LogP contribution in [0, 0.1) is 0 Å². The van der Waals surface area contributed by atoms with E-state index in [1.54, 1.807) is 18.1 Å². The molecule has 2 heterocycles. The molecule has 0 radical (unpaired) electrons. The molecule has 24 heavy (non-hydrogen) atoms. The van der Waals surface area contributed by atoms with Gasteiger partial charge >= 0.3 is 0 Å². The maximum atomic E-state index is 12.5. The Bertz CT molecular complexity index is 610. The fourth-order valence-corrected chi connectivity index (χ4v) is 3.58. The van der Waals surface area contributed by atoms with E-state index in [0.717, 1.165) is 12.4 Å². The number of piperidine rings is 1. The van der Waals surface area contributed by atoms with Crippen LogP contribution in [0.15, 0.2) is 12.4 Å². The van der Waals surface area contributed by atoms with Gasteiger partial charge in [0.15, 0.2) is 0 Å². The summed E-state index contributed by atoms with van der Waals surface area (Å²) < 4.78 is 1.92. The number of nitrogens with one attached hydrogen (secondary N) is 1. The Kier molecular flexibility index (Phi) is 4.89. The zero-order valence-corrected chi connectivity index (χ0v) is 14.7. The molecular weight excluding hydrogens is 306 g/mol. The first-order valence-corrected chi connectivity index (χ1v) is 8.77. The van der Waals surface area contributed by atoms with Crippen LogP contribution in [-0.2, 0) is 16.6 Å². The molecule has 1 aliphatic carbocycles. The number of amides is 2. The summed E-state index contributed by atoms with van der Waals surface area (Å²) in [5.41, 5.74) is 0. The lowest BCUT2D eigenvalue weighted by Gasteiger charge is -2.39. The van der Waals surface area contributed by atoms with E-state index in [9.17, 15) is 9.59 Å². The van der Waals surface area contributed by atoms with Crippen molar-refractivity contribution in [2.24, 2.45) is 7.05 Å². The summed E-state index contributed by atoms with van der Waals surface area (Å²) in [5.74, 6) is 0.947. The number of hydrogen-bond acceptors (Lipinski definition) is 4. The van der Waals surface area contributed by atoms with Crippen LogP contribution in [0.25, 0.3) is 0 Å². The molecule has 0 unspecified atom stereocenters. The molecule has 0 bridgehead atoms. The molecule has 0 aromatic carbocycles. The summed E-state index contributed by atoms with van der Waals surface area (Å²) in [7, 11) is 3.71. The minimum Gasteiger partial charge on any atom is -0.350 e. The number of nitrogens with zero attached hydrogens (tertiary/aromatic N) is 4.